The second-order valence-electron chi connectivity index (χ2n) is 3.66. The van der Waals surface area contributed by atoms with Crippen LogP contribution in [0.3, 0.4) is 0 Å². The third kappa shape index (κ3) is 3.14. The summed E-state index contributed by atoms with van der Waals surface area (Å²) in [5, 5.41) is 3.29. The molecular weight excluding hydrogens is 222 g/mol. The van der Waals surface area contributed by atoms with Gasteiger partial charge in [0.05, 0.1) is 6.61 Å². The lowest BCUT2D eigenvalue weighted by Crippen LogP contribution is -2.41. The Kier molecular flexibility index (Phi) is 4.51. The lowest BCUT2D eigenvalue weighted by Gasteiger charge is -2.24. The molecule has 1 aliphatic heterocycles. The summed E-state index contributed by atoms with van der Waals surface area (Å²) in [6, 6.07) is 8.09. The Balaban J connectivity index is 1.88. The highest BCUT2D eigenvalue weighted by atomic mass is 32.2. The summed E-state index contributed by atoms with van der Waals surface area (Å²) in [6.07, 6.45) is 2.23. The van der Waals surface area contributed by atoms with E-state index in [0.29, 0.717) is 6.61 Å². The highest BCUT2D eigenvalue weighted by Gasteiger charge is 2.14. The zero-order chi connectivity index (χ0) is 11.2. The quantitative estimate of drug-likeness (QED) is 0.811. The molecule has 0 amide bonds. The molecule has 0 radical (unpaired) electrons. The molecule has 1 fully saturated rings. The van der Waals surface area contributed by atoms with Crippen LogP contribution in [0, 0.1) is 0 Å². The summed E-state index contributed by atoms with van der Waals surface area (Å²) in [5.41, 5.74) is 0. The van der Waals surface area contributed by atoms with E-state index in [2.05, 4.69) is 17.6 Å². The molecule has 1 aromatic carbocycles. The summed E-state index contributed by atoms with van der Waals surface area (Å²) in [5.74, 6) is 0.948. The predicted octanol–water partition coefficient (Wildman–Crippen LogP) is 1.78. The van der Waals surface area contributed by atoms with E-state index in [4.69, 9.17) is 9.47 Å². The number of nitrogens with one attached hydrogen (secondary N) is 1. The first-order valence-corrected chi connectivity index (χ1v) is 6.71. The second-order valence-corrected chi connectivity index (χ2v) is 4.51. The van der Waals surface area contributed by atoms with Gasteiger partial charge in [-0.1, -0.05) is 12.1 Å². The molecule has 0 aliphatic carbocycles. The molecule has 1 atom stereocenters. The standard InChI is InChI=1S/C12H17NO2S/c1-16-12-5-3-2-4-11(12)15-9-10-8-13-6-7-14-10/h2-5,10,13H,6-9H2,1H3. The number of rotatable bonds is 4. The Morgan fingerprint density at radius 1 is 1.50 bits per heavy atom. The first-order valence-electron chi connectivity index (χ1n) is 5.48. The largest absolute Gasteiger partial charge is 0.490 e. The minimum Gasteiger partial charge on any atom is -0.490 e. The van der Waals surface area contributed by atoms with Crippen LogP contribution in [0.25, 0.3) is 0 Å². The van der Waals surface area contributed by atoms with Crippen molar-refractivity contribution in [3.63, 3.8) is 0 Å². The Labute approximate surface area is 101 Å². The number of morpholine rings is 1. The molecule has 1 unspecified atom stereocenters. The van der Waals surface area contributed by atoms with Crippen molar-refractivity contribution in [2.45, 2.75) is 11.0 Å². The molecule has 4 heteroatoms. The van der Waals surface area contributed by atoms with E-state index in [1.54, 1.807) is 11.8 Å². The van der Waals surface area contributed by atoms with Gasteiger partial charge in [-0.2, -0.15) is 0 Å². The molecule has 1 aliphatic rings. The van der Waals surface area contributed by atoms with E-state index in [9.17, 15) is 0 Å². The summed E-state index contributed by atoms with van der Waals surface area (Å²) < 4.78 is 11.4. The molecule has 0 spiro atoms. The van der Waals surface area contributed by atoms with Crippen LogP contribution in [0.2, 0.25) is 0 Å². The van der Waals surface area contributed by atoms with Gasteiger partial charge in [0.2, 0.25) is 0 Å². The molecule has 2 rings (SSSR count). The van der Waals surface area contributed by atoms with Crippen molar-refractivity contribution in [1.29, 1.82) is 0 Å². The molecule has 16 heavy (non-hydrogen) atoms. The van der Waals surface area contributed by atoms with Gasteiger partial charge in [0, 0.05) is 18.0 Å². The molecular formula is C12H17NO2S. The van der Waals surface area contributed by atoms with Crippen molar-refractivity contribution in [2.24, 2.45) is 0 Å². The summed E-state index contributed by atoms with van der Waals surface area (Å²) in [7, 11) is 0. The molecule has 1 heterocycles. The third-order valence-electron chi connectivity index (χ3n) is 2.50. The van der Waals surface area contributed by atoms with Gasteiger partial charge in [-0.15, -0.1) is 11.8 Å². The predicted molar refractivity (Wildman–Crippen MR) is 66.3 cm³/mol. The molecule has 1 saturated heterocycles. The fourth-order valence-corrected chi connectivity index (χ4v) is 2.19. The highest BCUT2D eigenvalue weighted by molar-refractivity contribution is 7.98. The number of para-hydroxylation sites is 1. The van der Waals surface area contributed by atoms with Crippen molar-refractivity contribution in [2.75, 3.05) is 32.6 Å². The molecule has 1 N–H and O–H groups in total. The van der Waals surface area contributed by atoms with E-state index in [0.717, 1.165) is 25.4 Å². The van der Waals surface area contributed by atoms with Crippen LogP contribution < -0.4 is 10.1 Å². The summed E-state index contributed by atoms with van der Waals surface area (Å²) >= 11 is 1.70. The van der Waals surface area contributed by atoms with E-state index in [1.807, 2.05) is 18.2 Å². The van der Waals surface area contributed by atoms with E-state index < -0.39 is 0 Å². The number of hydrogen-bond acceptors (Lipinski definition) is 4. The highest BCUT2D eigenvalue weighted by Crippen LogP contribution is 2.26. The first kappa shape index (κ1) is 11.8. The molecule has 88 valence electrons. The van der Waals surface area contributed by atoms with Crippen LogP contribution >= 0.6 is 11.8 Å². The molecule has 0 saturated carbocycles. The fourth-order valence-electron chi connectivity index (χ4n) is 1.65. The van der Waals surface area contributed by atoms with Crippen molar-refractivity contribution in [1.82, 2.24) is 5.32 Å². The van der Waals surface area contributed by atoms with Gasteiger partial charge in [0.15, 0.2) is 0 Å². The normalized spacial score (nSPS) is 20.7. The van der Waals surface area contributed by atoms with Crippen LogP contribution in [-0.2, 0) is 4.74 Å². The maximum absolute atomic E-state index is 5.78. The smallest absolute Gasteiger partial charge is 0.132 e. The van der Waals surface area contributed by atoms with Crippen LogP contribution in [0.5, 0.6) is 5.75 Å². The average molecular weight is 239 g/mol. The monoisotopic (exact) mass is 239 g/mol. The maximum Gasteiger partial charge on any atom is 0.132 e. The number of thioether (sulfide) groups is 1. The van der Waals surface area contributed by atoms with Crippen molar-refractivity contribution in [3.05, 3.63) is 24.3 Å². The maximum atomic E-state index is 5.78. The van der Waals surface area contributed by atoms with Gasteiger partial charge < -0.3 is 14.8 Å². The zero-order valence-corrected chi connectivity index (χ0v) is 10.3. The van der Waals surface area contributed by atoms with E-state index in [-0.39, 0.29) is 6.10 Å². The van der Waals surface area contributed by atoms with Gasteiger partial charge in [0.25, 0.3) is 0 Å². The zero-order valence-electron chi connectivity index (χ0n) is 9.44. The minimum atomic E-state index is 0.170. The Morgan fingerprint density at radius 2 is 2.38 bits per heavy atom. The SMILES string of the molecule is CSc1ccccc1OCC1CNCCO1. The Morgan fingerprint density at radius 3 is 3.12 bits per heavy atom. The van der Waals surface area contributed by atoms with Crippen LogP contribution in [0.4, 0.5) is 0 Å². The fraction of sp³-hybridized carbons (Fsp3) is 0.500. The lowest BCUT2D eigenvalue weighted by molar-refractivity contribution is -0.000360. The molecule has 0 aromatic heterocycles. The Hall–Kier alpha value is -0.710. The average Bonchev–Trinajstić information content (AvgIpc) is 2.38. The topological polar surface area (TPSA) is 30.5 Å². The van der Waals surface area contributed by atoms with Gasteiger partial charge in [-0.3, -0.25) is 0 Å². The van der Waals surface area contributed by atoms with Crippen LogP contribution in [-0.4, -0.2) is 38.7 Å². The van der Waals surface area contributed by atoms with Gasteiger partial charge >= 0.3 is 0 Å². The molecule has 1 aromatic rings. The minimum absolute atomic E-state index is 0.170. The molecule has 0 bridgehead atoms. The number of hydrogen-bond donors (Lipinski definition) is 1. The van der Waals surface area contributed by atoms with Gasteiger partial charge in [-0.25, -0.2) is 0 Å². The lowest BCUT2D eigenvalue weighted by atomic mass is 10.3. The Bertz CT molecular complexity index is 327. The third-order valence-corrected chi connectivity index (χ3v) is 3.28. The first-order chi connectivity index (χ1) is 7.90. The van der Waals surface area contributed by atoms with Crippen molar-refractivity contribution >= 4 is 11.8 Å². The van der Waals surface area contributed by atoms with E-state index >= 15 is 0 Å². The van der Waals surface area contributed by atoms with Crippen molar-refractivity contribution in [3.8, 4) is 5.75 Å². The van der Waals surface area contributed by atoms with E-state index in [1.165, 1.54) is 4.90 Å². The van der Waals surface area contributed by atoms with Crippen LogP contribution in [0.1, 0.15) is 0 Å². The van der Waals surface area contributed by atoms with Crippen molar-refractivity contribution < 1.29 is 9.47 Å². The summed E-state index contributed by atoms with van der Waals surface area (Å²) in [6.45, 7) is 3.21. The number of ether oxygens (including phenoxy) is 2. The second kappa shape index (κ2) is 6.13. The summed E-state index contributed by atoms with van der Waals surface area (Å²) in [4.78, 5) is 1.17. The van der Waals surface area contributed by atoms with Gasteiger partial charge in [0.1, 0.15) is 18.5 Å². The number of benzene rings is 1. The van der Waals surface area contributed by atoms with Gasteiger partial charge in [-0.05, 0) is 18.4 Å². The molecule has 3 nitrogen and oxygen atoms in total. The van der Waals surface area contributed by atoms with Crippen LogP contribution in [0.15, 0.2) is 29.2 Å².